The molecule has 0 saturated heterocycles. The van der Waals surface area contributed by atoms with Crippen LogP contribution in [0.25, 0.3) is 0 Å². The summed E-state index contributed by atoms with van der Waals surface area (Å²) in [6, 6.07) is 0. The fourth-order valence-corrected chi connectivity index (χ4v) is 3.62. The average Bonchev–Trinajstić information content (AvgIpc) is 2.57. The summed E-state index contributed by atoms with van der Waals surface area (Å²) < 4.78 is 0. The Kier molecular flexibility index (Phi) is 4.62. The van der Waals surface area contributed by atoms with Crippen LogP contribution < -0.4 is 0 Å². The molecule has 0 bridgehead atoms. The molecule has 0 spiro atoms. The zero-order valence-corrected chi connectivity index (χ0v) is 10.6. The molecule has 14 heavy (non-hydrogen) atoms. The number of aliphatic hydroxyl groups excluding tert-OH is 1. The van der Waals surface area contributed by atoms with Crippen molar-refractivity contribution in [1.82, 2.24) is 0 Å². The van der Waals surface area contributed by atoms with Gasteiger partial charge in [0.05, 0.1) is 8.80 Å². The third kappa shape index (κ3) is 2.58. The molecule has 0 unspecified atom stereocenters. The molecule has 1 nitrogen and oxygen atoms in total. The maximum atomic E-state index is 8.83. The lowest BCUT2D eigenvalue weighted by molar-refractivity contribution is 0.288. The van der Waals surface area contributed by atoms with Gasteiger partial charge < -0.3 is 5.11 Å². The van der Waals surface area contributed by atoms with E-state index < -0.39 is 0 Å². The van der Waals surface area contributed by atoms with Gasteiger partial charge in [-0.1, -0.05) is 42.4 Å². The van der Waals surface area contributed by atoms with Crippen molar-refractivity contribution in [3.05, 3.63) is 22.4 Å². The van der Waals surface area contributed by atoms with Crippen LogP contribution in [0.2, 0.25) is 13.1 Å². The predicted octanol–water partition coefficient (Wildman–Crippen LogP) is 3.09. The van der Waals surface area contributed by atoms with Crippen LogP contribution >= 0.6 is 0 Å². The highest BCUT2D eigenvalue weighted by molar-refractivity contribution is 6.65. The van der Waals surface area contributed by atoms with E-state index in [1.807, 2.05) is 0 Å². The van der Waals surface area contributed by atoms with Crippen molar-refractivity contribution in [2.24, 2.45) is 0 Å². The van der Waals surface area contributed by atoms with Gasteiger partial charge in [-0.05, 0) is 25.7 Å². The Bertz CT molecular complexity index is 251. The first kappa shape index (κ1) is 11.7. The van der Waals surface area contributed by atoms with Gasteiger partial charge >= 0.3 is 0 Å². The SMILES string of the molecule is CCC1=C(CCCO)CC=C1[Si](C)C. The average molecular weight is 209 g/mol. The van der Waals surface area contributed by atoms with Gasteiger partial charge in [0.15, 0.2) is 0 Å². The van der Waals surface area contributed by atoms with E-state index in [2.05, 4.69) is 26.1 Å². The molecule has 0 fully saturated rings. The Morgan fingerprint density at radius 3 is 2.64 bits per heavy atom. The fourth-order valence-electron chi connectivity index (χ4n) is 2.15. The van der Waals surface area contributed by atoms with Crippen LogP contribution in [-0.4, -0.2) is 20.5 Å². The Hall–Kier alpha value is -0.343. The monoisotopic (exact) mass is 209 g/mol. The summed E-state index contributed by atoms with van der Waals surface area (Å²) in [6.07, 6.45) is 6.75. The highest BCUT2D eigenvalue weighted by Crippen LogP contribution is 2.32. The minimum Gasteiger partial charge on any atom is -0.396 e. The van der Waals surface area contributed by atoms with Gasteiger partial charge in [0.25, 0.3) is 0 Å². The Labute approximate surface area is 89.1 Å². The molecule has 0 heterocycles. The first-order valence-corrected chi connectivity index (χ1v) is 8.03. The van der Waals surface area contributed by atoms with Gasteiger partial charge in [-0.3, -0.25) is 0 Å². The summed E-state index contributed by atoms with van der Waals surface area (Å²) in [5, 5.41) is 10.5. The van der Waals surface area contributed by atoms with E-state index in [9.17, 15) is 0 Å². The van der Waals surface area contributed by atoms with Gasteiger partial charge in [-0.15, -0.1) is 0 Å². The van der Waals surface area contributed by atoms with Crippen molar-refractivity contribution in [2.75, 3.05) is 6.61 Å². The van der Waals surface area contributed by atoms with Gasteiger partial charge in [-0.2, -0.15) is 0 Å². The maximum absolute atomic E-state index is 8.83. The smallest absolute Gasteiger partial charge is 0.0791 e. The van der Waals surface area contributed by atoms with E-state index in [-0.39, 0.29) is 8.80 Å². The van der Waals surface area contributed by atoms with Crippen LogP contribution in [0.1, 0.15) is 32.6 Å². The van der Waals surface area contributed by atoms with Crippen LogP contribution in [0.5, 0.6) is 0 Å². The van der Waals surface area contributed by atoms with E-state index >= 15 is 0 Å². The number of hydrogen-bond donors (Lipinski definition) is 1. The van der Waals surface area contributed by atoms with E-state index in [0.717, 1.165) is 19.3 Å². The normalized spacial score (nSPS) is 16.8. The Morgan fingerprint density at radius 2 is 2.14 bits per heavy atom. The quantitative estimate of drug-likeness (QED) is 0.690. The summed E-state index contributed by atoms with van der Waals surface area (Å²) in [6.45, 7) is 7.30. The van der Waals surface area contributed by atoms with E-state index in [4.69, 9.17) is 5.11 Å². The topological polar surface area (TPSA) is 20.2 Å². The standard InChI is InChI=1S/C12H21OSi/c1-4-11-10(6-5-9-13)7-8-12(11)14(2)3/h8,13H,4-7,9H2,1-3H3. The van der Waals surface area contributed by atoms with Gasteiger partial charge in [-0.25, -0.2) is 0 Å². The number of aliphatic hydroxyl groups is 1. The molecule has 0 aliphatic heterocycles. The molecule has 79 valence electrons. The molecule has 0 aromatic heterocycles. The largest absolute Gasteiger partial charge is 0.396 e. The second kappa shape index (κ2) is 5.52. The lowest BCUT2D eigenvalue weighted by Gasteiger charge is -2.11. The van der Waals surface area contributed by atoms with Crippen LogP contribution in [0.4, 0.5) is 0 Å². The molecule has 1 rings (SSSR count). The highest BCUT2D eigenvalue weighted by atomic mass is 28.3. The number of allylic oxidation sites excluding steroid dienone is 4. The Balaban J connectivity index is 2.70. The molecule has 0 amide bonds. The molecule has 1 aliphatic carbocycles. The molecule has 0 aromatic rings. The highest BCUT2D eigenvalue weighted by Gasteiger charge is 2.18. The van der Waals surface area contributed by atoms with Crippen LogP contribution in [-0.2, 0) is 0 Å². The first-order valence-electron chi connectivity index (χ1n) is 5.53. The van der Waals surface area contributed by atoms with E-state index in [1.54, 1.807) is 16.3 Å². The van der Waals surface area contributed by atoms with Crippen LogP contribution in [0.3, 0.4) is 0 Å². The molecular weight excluding hydrogens is 188 g/mol. The van der Waals surface area contributed by atoms with Crippen molar-refractivity contribution >= 4 is 8.80 Å². The predicted molar refractivity (Wildman–Crippen MR) is 63.8 cm³/mol. The van der Waals surface area contributed by atoms with Crippen molar-refractivity contribution in [3.8, 4) is 0 Å². The molecule has 1 aliphatic rings. The molecule has 1 N–H and O–H groups in total. The lowest BCUT2D eigenvalue weighted by atomic mass is 10.0. The van der Waals surface area contributed by atoms with Crippen molar-refractivity contribution in [1.29, 1.82) is 0 Å². The van der Waals surface area contributed by atoms with Gasteiger partial charge in [0.1, 0.15) is 0 Å². The summed E-state index contributed by atoms with van der Waals surface area (Å²) in [7, 11) is -0.289. The lowest BCUT2D eigenvalue weighted by Crippen LogP contribution is -2.06. The third-order valence-corrected chi connectivity index (χ3v) is 4.42. The van der Waals surface area contributed by atoms with Gasteiger partial charge in [0.2, 0.25) is 0 Å². The second-order valence-corrected chi connectivity index (χ2v) is 6.62. The zero-order chi connectivity index (χ0) is 10.6. The maximum Gasteiger partial charge on any atom is 0.0791 e. The number of rotatable bonds is 5. The number of hydrogen-bond acceptors (Lipinski definition) is 1. The molecule has 0 aromatic carbocycles. The molecular formula is C12H21OSi. The van der Waals surface area contributed by atoms with Crippen LogP contribution in [0, 0.1) is 0 Å². The summed E-state index contributed by atoms with van der Waals surface area (Å²) >= 11 is 0. The minimum atomic E-state index is -0.289. The van der Waals surface area contributed by atoms with Crippen LogP contribution in [0.15, 0.2) is 22.4 Å². The van der Waals surface area contributed by atoms with E-state index in [0.29, 0.717) is 6.61 Å². The molecule has 0 saturated carbocycles. The van der Waals surface area contributed by atoms with E-state index in [1.165, 1.54) is 6.42 Å². The summed E-state index contributed by atoms with van der Waals surface area (Å²) in [5.41, 5.74) is 3.19. The second-order valence-electron chi connectivity index (χ2n) is 4.08. The van der Waals surface area contributed by atoms with Crippen molar-refractivity contribution < 1.29 is 5.11 Å². The van der Waals surface area contributed by atoms with Gasteiger partial charge in [0, 0.05) is 6.61 Å². The third-order valence-electron chi connectivity index (χ3n) is 2.83. The fraction of sp³-hybridized carbons (Fsp3) is 0.667. The molecule has 0 atom stereocenters. The molecule has 1 radical (unpaired) electrons. The molecule has 2 heteroatoms. The minimum absolute atomic E-state index is 0.289. The summed E-state index contributed by atoms with van der Waals surface area (Å²) in [4.78, 5) is 0. The zero-order valence-electron chi connectivity index (χ0n) is 9.56. The first-order chi connectivity index (χ1) is 6.70. The van der Waals surface area contributed by atoms with Crippen molar-refractivity contribution in [2.45, 2.75) is 45.7 Å². The Morgan fingerprint density at radius 1 is 1.43 bits per heavy atom. The van der Waals surface area contributed by atoms with Crippen molar-refractivity contribution in [3.63, 3.8) is 0 Å². The summed E-state index contributed by atoms with van der Waals surface area (Å²) in [5.74, 6) is 0.